The summed E-state index contributed by atoms with van der Waals surface area (Å²) in [4.78, 5) is 0. The van der Waals surface area contributed by atoms with E-state index in [-0.39, 0.29) is 18.0 Å². The molecule has 0 aromatic carbocycles. The summed E-state index contributed by atoms with van der Waals surface area (Å²) in [6, 6.07) is 0. The molecule has 13 heavy (non-hydrogen) atoms. The van der Waals surface area contributed by atoms with Crippen molar-refractivity contribution in [1.82, 2.24) is 5.32 Å². The van der Waals surface area contributed by atoms with Crippen LogP contribution in [0.3, 0.4) is 0 Å². The van der Waals surface area contributed by atoms with E-state index in [1.165, 1.54) is 0 Å². The van der Waals surface area contributed by atoms with Gasteiger partial charge < -0.3 is 10.1 Å². The lowest BCUT2D eigenvalue weighted by atomic mass is 10.2. The maximum absolute atomic E-state index is 12.8. The molecule has 0 aromatic rings. The minimum absolute atomic E-state index is 0. The van der Waals surface area contributed by atoms with Crippen LogP contribution >= 0.6 is 12.4 Å². The van der Waals surface area contributed by atoms with Crippen molar-refractivity contribution in [2.45, 2.75) is 39.0 Å². The highest BCUT2D eigenvalue weighted by Crippen LogP contribution is 2.08. The molecule has 0 aromatic heterocycles. The molecule has 0 spiro atoms. The Bertz CT molecular complexity index is 117. The van der Waals surface area contributed by atoms with E-state index >= 15 is 0 Å². The zero-order valence-corrected chi connectivity index (χ0v) is 9.71. The van der Waals surface area contributed by atoms with Crippen LogP contribution in [0, 0.1) is 0 Å². The van der Waals surface area contributed by atoms with Gasteiger partial charge in [0.1, 0.15) is 6.17 Å². The largest absolute Gasteiger partial charge is 0.376 e. The Balaban J connectivity index is 0. The number of halogens is 2. The fraction of sp³-hybridized carbons (Fsp3) is 1.00. The van der Waals surface area contributed by atoms with Crippen molar-refractivity contribution in [1.29, 1.82) is 0 Å². The molecule has 1 unspecified atom stereocenters. The molecule has 0 amide bonds. The van der Waals surface area contributed by atoms with Crippen molar-refractivity contribution in [3.05, 3.63) is 0 Å². The van der Waals surface area contributed by atoms with Gasteiger partial charge >= 0.3 is 0 Å². The summed E-state index contributed by atoms with van der Waals surface area (Å²) < 4.78 is 18.2. The van der Waals surface area contributed by atoms with Gasteiger partial charge in [-0.2, -0.15) is 0 Å². The van der Waals surface area contributed by atoms with Gasteiger partial charge in [0, 0.05) is 13.0 Å². The fourth-order valence-corrected chi connectivity index (χ4v) is 0.817. The summed E-state index contributed by atoms with van der Waals surface area (Å²) >= 11 is 0. The average Bonchev–Trinajstić information content (AvgIpc) is 1.84. The number of hydrogen-bond acceptors (Lipinski definition) is 2. The van der Waals surface area contributed by atoms with Crippen LogP contribution in [0.2, 0.25) is 0 Å². The summed E-state index contributed by atoms with van der Waals surface area (Å²) in [5.41, 5.74) is -0.153. The Morgan fingerprint density at radius 3 is 2.31 bits per heavy atom. The molecule has 0 bridgehead atoms. The predicted molar refractivity (Wildman–Crippen MR) is 56.4 cm³/mol. The van der Waals surface area contributed by atoms with Crippen LogP contribution in [0.4, 0.5) is 4.39 Å². The van der Waals surface area contributed by atoms with E-state index in [0.29, 0.717) is 19.6 Å². The normalized spacial score (nSPS) is 13.6. The smallest absolute Gasteiger partial charge is 0.115 e. The van der Waals surface area contributed by atoms with Crippen LogP contribution in [0.15, 0.2) is 0 Å². The second-order valence-corrected chi connectivity index (χ2v) is 3.90. The molecule has 0 rings (SSSR count). The number of alkyl halides is 1. The second-order valence-electron chi connectivity index (χ2n) is 3.90. The SMILES string of the molecule is CNCC(F)CCOC(C)(C)C.Cl. The quantitative estimate of drug-likeness (QED) is 0.756. The van der Waals surface area contributed by atoms with Gasteiger partial charge in [-0.05, 0) is 27.8 Å². The van der Waals surface area contributed by atoms with Gasteiger partial charge in [-0.3, -0.25) is 0 Å². The first kappa shape index (κ1) is 15.6. The molecule has 0 aliphatic heterocycles. The van der Waals surface area contributed by atoms with Gasteiger partial charge in [-0.1, -0.05) is 0 Å². The van der Waals surface area contributed by atoms with E-state index in [4.69, 9.17) is 4.74 Å². The molecule has 0 radical (unpaired) electrons. The van der Waals surface area contributed by atoms with Gasteiger partial charge in [-0.15, -0.1) is 12.4 Å². The Morgan fingerprint density at radius 2 is 1.92 bits per heavy atom. The maximum Gasteiger partial charge on any atom is 0.115 e. The van der Waals surface area contributed by atoms with Crippen molar-refractivity contribution in [3.8, 4) is 0 Å². The summed E-state index contributed by atoms with van der Waals surface area (Å²) in [7, 11) is 1.75. The molecule has 1 atom stereocenters. The summed E-state index contributed by atoms with van der Waals surface area (Å²) in [5.74, 6) is 0. The molecule has 0 heterocycles. The van der Waals surface area contributed by atoms with Gasteiger partial charge in [-0.25, -0.2) is 4.39 Å². The molecule has 0 aliphatic rings. The molecular formula is C9H21ClFNO. The fourth-order valence-electron chi connectivity index (χ4n) is 0.817. The van der Waals surface area contributed by atoms with Gasteiger partial charge in [0.25, 0.3) is 0 Å². The highest BCUT2D eigenvalue weighted by Gasteiger charge is 2.11. The lowest BCUT2D eigenvalue weighted by Gasteiger charge is -2.20. The zero-order valence-electron chi connectivity index (χ0n) is 8.89. The predicted octanol–water partition coefficient (Wildman–Crippen LogP) is 2.17. The molecule has 4 heteroatoms. The van der Waals surface area contributed by atoms with Crippen LogP contribution < -0.4 is 5.32 Å². The lowest BCUT2D eigenvalue weighted by molar-refractivity contribution is -0.0110. The highest BCUT2D eigenvalue weighted by atomic mass is 35.5. The maximum atomic E-state index is 12.8. The third-order valence-electron chi connectivity index (χ3n) is 1.39. The van der Waals surface area contributed by atoms with E-state index in [9.17, 15) is 4.39 Å². The number of nitrogens with one attached hydrogen (secondary N) is 1. The van der Waals surface area contributed by atoms with Crippen molar-refractivity contribution >= 4 is 12.4 Å². The van der Waals surface area contributed by atoms with Crippen molar-refractivity contribution in [2.24, 2.45) is 0 Å². The van der Waals surface area contributed by atoms with Crippen LogP contribution in [0.1, 0.15) is 27.2 Å². The molecular weight excluding hydrogens is 193 g/mol. The molecule has 1 N–H and O–H groups in total. The minimum atomic E-state index is -0.794. The van der Waals surface area contributed by atoms with Gasteiger partial charge in [0.15, 0.2) is 0 Å². The first-order valence-corrected chi connectivity index (χ1v) is 4.38. The van der Waals surface area contributed by atoms with E-state index in [1.807, 2.05) is 20.8 Å². The summed E-state index contributed by atoms with van der Waals surface area (Å²) in [6.45, 7) is 6.81. The van der Waals surface area contributed by atoms with Crippen molar-refractivity contribution in [3.63, 3.8) is 0 Å². The third-order valence-corrected chi connectivity index (χ3v) is 1.39. The van der Waals surface area contributed by atoms with E-state index < -0.39 is 6.17 Å². The molecule has 0 aliphatic carbocycles. The summed E-state index contributed by atoms with van der Waals surface area (Å²) in [6.07, 6.45) is -0.324. The topological polar surface area (TPSA) is 21.3 Å². The number of rotatable bonds is 5. The third kappa shape index (κ3) is 12.1. The van der Waals surface area contributed by atoms with Crippen LogP contribution in [-0.2, 0) is 4.74 Å². The number of ether oxygens (including phenoxy) is 1. The highest BCUT2D eigenvalue weighted by molar-refractivity contribution is 5.85. The van der Waals surface area contributed by atoms with Crippen LogP contribution in [-0.4, -0.2) is 32.0 Å². The summed E-state index contributed by atoms with van der Waals surface area (Å²) in [5, 5.41) is 2.78. The first-order valence-electron chi connectivity index (χ1n) is 4.38. The molecule has 82 valence electrons. The Hall–Kier alpha value is 0.140. The second kappa shape index (κ2) is 7.54. The average molecular weight is 214 g/mol. The van der Waals surface area contributed by atoms with Crippen molar-refractivity contribution in [2.75, 3.05) is 20.2 Å². The molecule has 0 fully saturated rings. The lowest BCUT2D eigenvalue weighted by Crippen LogP contribution is -2.25. The minimum Gasteiger partial charge on any atom is -0.376 e. The standard InChI is InChI=1S/C9H20FNO.ClH/c1-9(2,3)12-6-5-8(10)7-11-4;/h8,11H,5-7H2,1-4H3;1H. The Kier molecular flexibility index (Phi) is 9.05. The van der Waals surface area contributed by atoms with E-state index in [2.05, 4.69) is 5.32 Å². The van der Waals surface area contributed by atoms with Crippen molar-refractivity contribution < 1.29 is 9.13 Å². The van der Waals surface area contributed by atoms with E-state index in [1.54, 1.807) is 7.05 Å². The van der Waals surface area contributed by atoms with Crippen LogP contribution in [0.25, 0.3) is 0 Å². The monoisotopic (exact) mass is 213 g/mol. The Labute approximate surface area is 86.6 Å². The zero-order chi connectivity index (χ0) is 9.61. The molecule has 2 nitrogen and oxygen atoms in total. The molecule has 0 saturated heterocycles. The van der Waals surface area contributed by atoms with Gasteiger partial charge in [0.05, 0.1) is 12.2 Å². The van der Waals surface area contributed by atoms with Crippen LogP contribution in [0.5, 0.6) is 0 Å². The first-order chi connectivity index (χ1) is 5.45. The molecule has 0 saturated carbocycles. The van der Waals surface area contributed by atoms with Gasteiger partial charge in [0.2, 0.25) is 0 Å². The van der Waals surface area contributed by atoms with E-state index in [0.717, 1.165) is 0 Å². The number of hydrogen-bond donors (Lipinski definition) is 1. The Morgan fingerprint density at radius 1 is 1.38 bits per heavy atom.